The van der Waals surface area contributed by atoms with Crippen molar-refractivity contribution in [1.82, 2.24) is 9.80 Å². The van der Waals surface area contributed by atoms with Crippen LogP contribution in [0.25, 0.3) is 0 Å². The summed E-state index contributed by atoms with van der Waals surface area (Å²) in [4.78, 5) is 48.7. The van der Waals surface area contributed by atoms with E-state index in [4.69, 9.17) is 4.74 Å². The number of nitrogens with zero attached hydrogens (tertiary/aromatic N) is 3. The third-order valence-electron chi connectivity index (χ3n) is 9.57. The standard InChI is InChI=1S/C34H39N3O5/c1-5-33-15-9-17-35(20-25-11-7-6-8-12-25)30(39)27(33)28-31(40)37(24(4)21-38)29-32(41)36(18-10-16-34(28,29)42-33)26-19-22(2)13-14-23(26)3/h6-16,19,24,27-29,38H,5,17-18,20-21H2,1-4H3/t24-,27+,28+,29?,33-,34+/m1/s1. The van der Waals surface area contributed by atoms with Gasteiger partial charge >= 0.3 is 0 Å². The van der Waals surface area contributed by atoms with E-state index >= 15 is 0 Å². The summed E-state index contributed by atoms with van der Waals surface area (Å²) in [6.45, 7) is 8.44. The Morgan fingerprint density at radius 3 is 2.40 bits per heavy atom. The molecule has 8 nitrogen and oxygen atoms in total. The highest BCUT2D eigenvalue weighted by molar-refractivity contribution is 6.06. The molecule has 2 saturated heterocycles. The van der Waals surface area contributed by atoms with Gasteiger partial charge in [-0.05, 0) is 49.9 Å². The molecule has 8 heteroatoms. The Morgan fingerprint density at radius 1 is 0.952 bits per heavy atom. The number of hydrogen-bond acceptors (Lipinski definition) is 5. The van der Waals surface area contributed by atoms with Crippen molar-refractivity contribution in [1.29, 1.82) is 0 Å². The molecule has 42 heavy (non-hydrogen) atoms. The molecule has 3 amide bonds. The lowest BCUT2D eigenvalue weighted by Crippen LogP contribution is -2.58. The van der Waals surface area contributed by atoms with Crippen molar-refractivity contribution in [2.75, 3.05) is 24.6 Å². The highest BCUT2D eigenvalue weighted by atomic mass is 16.5. The first kappa shape index (κ1) is 28.4. The minimum absolute atomic E-state index is 0.158. The molecule has 0 saturated carbocycles. The molecule has 0 aliphatic carbocycles. The number of aryl methyl sites for hydroxylation is 2. The number of fused-ring (bicyclic) bond motifs is 2. The fraction of sp³-hybridized carbons (Fsp3) is 0.441. The van der Waals surface area contributed by atoms with Crippen LogP contribution in [-0.4, -0.2) is 75.6 Å². The largest absolute Gasteiger partial charge is 0.394 e. The third-order valence-corrected chi connectivity index (χ3v) is 9.57. The van der Waals surface area contributed by atoms with E-state index in [2.05, 4.69) is 0 Å². The molecule has 2 fully saturated rings. The highest BCUT2D eigenvalue weighted by Crippen LogP contribution is 2.59. The van der Waals surface area contributed by atoms with Crippen molar-refractivity contribution in [2.24, 2.45) is 11.8 Å². The van der Waals surface area contributed by atoms with Crippen molar-refractivity contribution in [2.45, 2.75) is 63.9 Å². The van der Waals surface area contributed by atoms with E-state index in [1.807, 2.05) is 93.6 Å². The van der Waals surface area contributed by atoms with E-state index in [1.165, 1.54) is 4.90 Å². The molecule has 6 rings (SSSR count). The Balaban J connectivity index is 1.48. The Kier molecular flexibility index (Phi) is 7.10. The van der Waals surface area contributed by atoms with Gasteiger partial charge in [-0.2, -0.15) is 0 Å². The Morgan fingerprint density at radius 2 is 1.69 bits per heavy atom. The average Bonchev–Trinajstić information content (AvgIpc) is 3.29. The summed E-state index contributed by atoms with van der Waals surface area (Å²) in [5.74, 6) is -2.49. The highest BCUT2D eigenvalue weighted by Gasteiger charge is 2.75. The first-order valence-electron chi connectivity index (χ1n) is 14.9. The summed E-state index contributed by atoms with van der Waals surface area (Å²) in [5, 5.41) is 10.3. The summed E-state index contributed by atoms with van der Waals surface area (Å²) < 4.78 is 7.04. The van der Waals surface area contributed by atoms with Gasteiger partial charge in [0.15, 0.2) is 0 Å². The molecule has 2 aromatic carbocycles. The van der Waals surface area contributed by atoms with Crippen LogP contribution in [0.5, 0.6) is 0 Å². The zero-order chi connectivity index (χ0) is 29.8. The molecule has 2 aromatic rings. The minimum Gasteiger partial charge on any atom is -0.394 e. The van der Waals surface area contributed by atoms with Crippen molar-refractivity contribution >= 4 is 23.4 Å². The molecular formula is C34H39N3O5. The SMILES string of the molecule is CC[C@@]12C=CCN(Cc3ccccc3)C(=O)[C@@H]1[C@H]1C(=O)N([C@H](C)CO)C3C(=O)N(c4cc(C)ccc4C)CC=C[C@@]31O2. The maximum atomic E-state index is 14.7. The van der Waals surface area contributed by atoms with E-state index in [1.54, 1.807) is 16.7 Å². The van der Waals surface area contributed by atoms with Gasteiger partial charge in [0.2, 0.25) is 11.8 Å². The third kappa shape index (κ3) is 4.14. The summed E-state index contributed by atoms with van der Waals surface area (Å²) in [5.41, 5.74) is 1.33. The zero-order valence-corrected chi connectivity index (χ0v) is 24.7. The van der Waals surface area contributed by atoms with Crippen LogP contribution in [0.2, 0.25) is 0 Å². The number of ether oxygens (including phenoxy) is 1. The van der Waals surface area contributed by atoms with Crippen LogP contribution in [0.4, 0.5) is 5.69 Å². The van der Waals surface area contributed by atoms with Gasteiger partial charge in [-0.25, -0.2) is 0 Å². The predicted octanol–water partition coefficient (Wildman–Crippen LogP) is 3.55. The van der Waals surface area contributed by atoms with Crippen molar-refractivity contribution in [3.8, 4) is 0 Å². The van der Waals surface area contributed by atoms with Crippen LogP contribution >= 0.6 is 0 Å². The number of carbonyl (C=O) groups excluding carboxylic acids is 3. The lowest BCUT2D eigenvalue weighted by atomic mass is 9.73. The maximum Gasteiger partial charge on any atom is 0.253 e. The Hall–Kier alpha value is -3.75. The Labute approximate surface area is 247 Å². The van der Waals surface area contributed by atoms with Gasteiger partial charge in [0.05, 0.1) is 30.1 Å². The van der Waals surface area contributed by atoms with Gasteiger partial charge in [-0.3, -0.25) is 14.4 Å². The second kappa shape index (κ2) is 10.5. The first-order chi connectivity index (χ1) is 20.2. The molecule has 1 unspecified atom stereocenters. The monoisotopic (exact) mass is 569 g/mol. The Bertz CT molecular complexity index is 1470. The number of anilines is 1. The van der Waals surface area contributed by atoms with Gasteiger partial charge < -0.3 is 24.5 Å². The van der Waals surface area contributed by atoms with Gasteiger partial charge in [0, 0.05) is 25.3 Å². The fourth-order valence-electron chi connectivity index (χ4n) is 7.48. The summed E-state index contributed by atoms with van der Waals surface area (Å²) in [7, 11) is 0. The smallest absolute Gasteiger partial charge is 0.253 e. The quantitative estimate of drug-likeness (QED) is 0.538. The number of amides is 3. The molecular weight excluding hydrogens is 530 g/mol. The molecule has 6 atom stereocenters. The van der Waals surface area contributed by atoms with Gasteiger partial charge in [0.1, 0.15) is 11.6 Å². The second-order valence-corrected chi connectivity index (χ2v) is 12.1. The van der Waals surface area contributed by atoms with Crippen LogP contribution < -0.4 is 4.90 Å². The summed E-state index contributed by atoms with van der Waals surface area (Å²) in [6, 6.07) is 14.1. The molecule has 0 radical (unpaired) electrons. The lowest BCUT2D eigenvalue weighted by molar-refractivity contribution is -0.152. The van der Waals surface area contributed by atoms with Crippen LogP contribution in [0.15, 0.2) is 72.8 Å². The molecule has 220 valence electrons. The number of hydrogen-bond donors (Lipinski definition) is 1. The number of rotatable bonds is 6. The zero-order valence-electron chi connectivity index (χ0n) is 24.7. The van der Waals surface area contributed by atoms with E-state index < -0.39 is 35.1 Å². The second-order valence-electron chi connectivity index (χ2n) is 12.1. The first-order valence-corrected chi connectivity index (χ1v) is 14.9. The lowest BCUT2D eigenvalue weighted by Gasteiger charge is -2.40. The number of likely N-dealkylation sites (tertiary alicyclic amines) is 1. The molecule has 4 heterocycles. The summed E-state index contributed by atoms with van der Waals surface area (Å²) in [6.07, 6.45) is 8.14. The maximum absolute atomic E-state index is 14.7. The predicted molar refractivity (Wildman–Crippen MR) is 159 cm³/mol. The number of aliphatic hydroxyl groups excluding tert-OH is 1. The van der Waals surface area contributed by atoms with E-state index in [0.29, 0.717) is 26.1 Å². The van der Waals surface area contributed by atoms with Gasteiger partial charge in [-0.1, -0.05) is 73.7 Å². The van der Waals surface area contributed by atoms with Crippen LogP contribution in [0, 0.1) is 25.7 Å². The molecule has 0 aromatic heterocycles. The molecule has 4 aliphatic rings. The van der Waals surface area contributed by atoms with Crippen molar-refractivity contribution in [3.05, 3.63) is 89.5 Å². The number of carbonyl (C=O) groups is 3. The molecule has 1 N–H and O–H groups in total. The van der Waals surface area contributed by atoms with Gasteiger partial charge in [0.25, 0.3) is 5.91 Å². The normalized spacial score (nSPS) is 31.1. The average molecular weight is 570 g/mol. The fourth-order valence-corrected chi connectivity index (χ4v) is 7.48. The van der Waals surface area contributed by atoms with Crippen molar-refractivity contribution in [3.63, 3.8) is 0 Å². The van der Waals surface area contributed by atoms with E-state index in [-0.39, 0.29) is 24.3 Å². The minimum atomic E-state index is -1.36. The topological polar surface area (TPSA) is 90.4 Å². The van der Waals surface area contributed by atoms with Crippen LogP contribution in [0.3, 0.4) is 0 Å². The van der Waals surface area contributed by atoms with Crippen molar-refractivity contribution < 1.29 is 24.2 Å². The molecule has 0 bridgehead atoms. The van der Waals surface area contributed by atoms with E-state index in [9.17, 15) is 19.5 Å². The number of aliphatic hydroxyl groups is 1. The summed E-state index contributed by atoms with van der Waals surface area (Å²) >= 11 is 0. The molecule has 4 aliphatic heterocycles. The van der Waals surface area contributed by atoms with E-state index in [0.717, 1.165) is 22.4 Å². The number of benzene rings is 2. The van der Waals surface area contributed by atoms with Gasteiger partial charge in [-0.15, -0.1) is 0 Å². The van der Waals surface area contributed by atoms with Crippen LogP contribution in [0.1, 0.15) is 37.0 Å². The molecule has 1 spiro atoms. The van der Waals surface area contributed by atoms with Crippen LogP contribution in [-0.2, 0) is 25.7 Å².